The summed E-state index contributed by atoms with van der Waals surface area (Å²) < 4.78 is 5.13. The van der Waals surface area contributed by atoms with Crippen LogP contribution in [0.1, 0.15) is 42.7 Å². The van der Waals surface area contributed by atoms with Crippen molar-refractivity contribution in [3.63, 3.8) is 0 Å². The van der Waals surface area contributed by atoms with Gasteiger partial charge in [-0.3, -0.25) is 4.79 Å². The molecule has 5 heteroatoms. The van der Waals surface area contributed by atoms with Gasteiger partial charge in [0.15, 0.2) is 0 Å². The Hall–Kier alpha value is -1.36. The summed E-state index contributed by atoms with van der Waals surface area (Å²) in [6, 6.07) is 0. The van der Waals surface area contributed by atoms with Crippen molar-refractivity contribution in [1.29, 1.82) is 0 Å². The maximum Gasteiger partial charge on any atom is 0.223 e. The van der Waals surface area contributed by atoms with E-state index < -0.39 is 0 Å². The number of aromatic nitrogens is 1. The van der Waals surface area contributed by atoms with Gasteiger partial charge in [0.1, 0.15) is 5.76 Å². The Bertz CT molecular complexity index is 422. The quantitative estimate of drug-likeness (QED) is 0.882. The molecule has 0 aromatic carbocycles. The Balaban J connectivity index is 1.99. The lowest BCUT2D eigenvalue weighted by Crippen LogP contribution is -2.30. The van der Waals surface area contributed by atoms with E-state index in [9.17, 15) is 9.90 Å². The van der Waals surface area contributed by atoms with Crippen LogP contribution in [0.2, 0.25) is 0 Å². The van der Waals surface area contributed by atoms with E-state index in [-0.39, 0.29) is 17.9 Å². The van der Waals surface area contributed by atoms with E-state index in [4.69, 9.17) is 4.52 Å². The van der Waals surface area contributed by atoms with Gasteiger partial charge in [-0.1, -0.05) is 12.1 Å². The van der Waals surface area contributed by atoms with Gasteiger partial charge in [0, 0.05) is 25.1 Å². The van der Waals surface area contributed by atoms with Crippen LogP contribution in [-0.2, 0) is 4.79 Å². The van der Waals surface area contributed by atoms with Crippen LogP contribution < -0.4 is 0 Å². The van der Waals surface area contributed by atoms with Gasteiger partial charge in [0.05, 0.1) is 11.8 Å². The molecule has 2 rings (SSSR count). The van der Waals surface area contributed by atoms with Crippen LogP contribution in [0.15, 0.2) is 4.52 Å². The minimum atomic E-state index is -0.358. The zero-order valence-electron chi connectivity index (χ0n) is 11.1. The number of carbonyl (C=O) groups is 1. The molecule has 2 heterocycles. The number of nitrogens with zero attached hydrogens (tertiary/aromatic N) is 2. The average molecular weight is 252 g/mol. The van der Waals surface area contributed by atoms with E-state index >= 15 is 0 Å². The molecule has 2 atom stereocenters. The standard InChI is InChI=1S/C13H20N2O3/c1-8(13-9(2)14-18-10(13)3)6-12(17)15-5-4-11(16)7-15/h8,11,16H,4-7H2,1-3H3/t8?,11-/m1/s1. The highest BCUT2D eigenvalue weighted by atomic mass is 16.5. The molecular weight excluding hydrogens is 232 g/mol. The highest BCUT2D eigenvalue weighted by Gasteiger charge is 2.27. The van der Waals surface area contributed by atoms with Crippen molar-refractivity contribution >= 4 is 5.91 Å². The number of amides is 1. The van der Waals surface area contributed by atoms with E-state index in [1.807, 2.05) is 20.8 Å². The van der Waals surface area contributed by atoms with Gasteiger partial charge < -0.3 is 14.5 Å². The Morgan fingerprint density at radius 3 is 2.83 bits per heavy atom. The van der Waals surface area contributed by atoms with Crippen molar-refractivity contribution in [2.24, 2.45) is 0 Å². The first-order valence-electron chi connectivity index (χ1n) is 6.37. The fourth-order valence-corrected chi connectivity index (χ4v) is 2.66. The van der Waals surface area contributed by atoms with Gasteiger partial charge >= 0.3 is 0 Å². The first-order valence-corrected chi connectivity index (χ1v) is 6.37. The predicted molar refractivity (Wildman–Crippen MR) is 66.2 cm³/mol. The van der Waals surface area contributed by atoms with Gasteiger partial charge in [0.2, 0.25) is 5.91 Å². The molecule has 1 aromatic heterocycles. The van der Waals surface area contributed by atoms with Crippen LogP contribution >= 0.6 is 0 Å². The molecule has 0 aliphatic carbocycles. The lowest BCUT2D eigenvalue weighted by Gasteiger charge is -2.18. The largest absolute Gasteiger partial charge is 0.391 e. The van der Waals surface area contributed by atoms with E-state index in [1.165, 1.54) is 0 Å². The maximum absolute atomic E-state index is 12.1. The minimum Gasteiger partial charge on any atom is -0.391 e. The Labute approximate surface area is 107 Å². The first kappa shape index (κ1) is 13.1. The first-order chi connectivity index (χ1) is 8.49. The normalized spacial score (nSPS) is 21.3. The van der Waals surface area contributed by atoms with Crippen molar-refractivity contribution in [3.05, 3.63) is 17.0 Å². The summed E-state index contributed by atoms with van der Waals surface area (Å²) in [5.74, 6) is 0.981. The van der Waals surface area contributed by atoms with Gasteiger partial charge in [-0.15, -0.1) is 0 Å². The molecule has 1 aliphatic heterocycles. The van der Waals surface area contributed by atoms with Gasteiger partial charge in [0.25, 0.3) is 0 Å². The number of hydrogen-bond donors (Lipinski definition) is 1. The molecule has 1 fully saturated rings. The molecule has 100 valence electrons. The lowest BCUT2D eigenvalue weighted by atomic mass is 9.96. The summed E-state index contributed by atoms with van der Waals surface area (Å²) in [5, 5.41) is 13.4. The summed E-state index contributed by atoms with van der Waals surface area (Å²) in [6.07, 6.45) is 0.768. The highest BCUT2D eigenvalue weighted by molar-refractivity contribution is 5.77. The average Bonchev–Trinajstić information content (AvgIpc) is 2.85. The van der Waals surface area contributed by atoms with Crippen LogP contribution in [0.4, 0.5) is 0 Å². The fraction of sp³-hybridized carbons (Fsp3) is 0.692. The molecule has 18 heavy (non-hydrogen) atoms. The Morgan fingerprint density at radius 2 is 2.33 bits per heavy atom. The number of aliphatic hydroxyl groups is 1. The number of β-amino-alcohol motifs (C(OH)–C–C–N with tert-alkyl or cyclic N) is 1. The van der Waals surface area contributed by atoms with Crippen LogP contribution in [0.5, 0.6) is 0 Å². The SMILES string of the molecule is Cc1noc(C)c1C(C)CC(=O)N1CC[C@@H](O)C1. The van der Waals surface area contributed by atoms with Crippen molar-refractivity contribution < 1.29 is 14.4 Å². The predicted octanol–water partition coefficient (Wildman–Crippen LogP) is 1.38. The number of aliphatic hydroxyl groups excluding tert-OH is 1. The number of rotatable bonds is 3. The summed E-state index contributed by atoms with van der Waals surface area (Å²) in [6.45, 7) is 6.90. The molecule has 1 amide bonds. The topological polar surface area (TPSA) is 66.6 Å². The lowest BCUT2D eigenvalue weighted by molar-refractivity contribution is -0.130. The second-order valence-corrected chi connectivity index (χ2v) is 5.13. The molecule has 5 nitrogen and oxygen atoms in total. The summed E-state index contributed by atoms with van der Waals surface area (Å²) in [4.78, 5) is 13.8. The molecule has 1 aliphatic rings. The zero-order valence-corrected chi connectivity index (χ0v) is 11.1. The minimum absolute atomic E-state index is 0.0963. The third-order valence-electron chi connectivity index (χ3n) is 3.58. The number of hydrogen-bond acceptors (Lipinski definition) is 4. The van der Waals surface area contributed by atoms with Gasteiger partial charge in [-0.25, -0.2) is 0 Å². The van der Waals surface area contributed by atoms with E-state index in [0.717, 1.165) is 17.0 Å². The van der Waals surface area contributed by atoms with Crippen LogP contribution in [0, 0.1) is 13.8 Å². The monoisotopic (exact) mass is 252 g/mol. The van der Waals surface area contributed by atoms with Crippen molar-refractivity contribution in [2.45, 2.75) is 45.6 Å². The van der Waals surface area contributed by atoms with E-state index in [2.05, 4.69) is 5.16 Å². The van der Waals surface area contributed by atoms with E-state index in [1.54, 1.807) is 4.90 Å². The molecule has 0 saturated carbocycles. The summed E-state index contributed by atoms with van der Waals surface area (Å²) in [5.41, 5.74) is 1.89. The molecule has 0 bridgehead atoms. The molecule has 0 radical (unpaired) electrons. The third kappa shape index (κ3) is 2.56. The molecule has 1 N–H and O–H groups in total. The second-order valence-electron chi connectivity index (χ2n) is 5.13. The van der Waals surface area contributed by atoms with Crippen LogP contribution in [0.25, 0.3) is 0 Å². The summed E-state index contributed by atoms with van der Waals surface area (Å²) in [7, 11) is 0. The molecule has 0 spiro atoms. The molecular formula is C13H20N2O3. The highest BCUT2D eigenvalue weighted by Crippen LogP contribution is 2.27. The second kappa shape index (κ2) is 5.10. The van der Waals surface area contributed by atoms with Crippen molar-refractivity contribution in [3.8, 4) is 0 Å². The summed E-state index contributed by atoms with van der Waals surface area (Å²) >= 11 is 0. The molecule has 1 saturated heterocycles. The third-order valence-corrected chi connectivity index (χ3v) is 3.58. The van der Waals surface area contributed by atoms with E-state index in [0.29, 0.717) is 25.9 Å². The number of likely N-dealkylation sites (tertiary alicyclic amines) is 1. The maximum atomic E-state index is 12.1. The molecule has 1 aromatic rings. The fourth-order valence-electron chi connectivity index (χ4n) is 2.66. The van der Waals surface area contributed by atoms with Gasteiger partial charge in [-0.2, -0.15) is 0 Å². The Morgan fingerprint density at radius 1 is 1.61 bits per heavy atom. The Kier molecular flexibility index (Phi) is 3.71. The van der Waals surface area contributed by atoms with Crippen molar-refractivity contribution in [1.82, 2.24) is 10.1 Å². The van der Waals surface area contributed by atoms with Crippen LogP contribution in [0.3, 0.4) is 0 Å². The zero-order chi connectivity index (χ0) is 13.3. The number of aryl methyl sites for hydroxylation is 2. The smallest absolute Gasteiger partial charge is 0.223 e. The van der Waals surface area contributed by atoms with Gasteiger partial charge in [-0.05, 0) is 26.2 Å². The molecule has 1 unspecified atom stereocenters. The van der Waals surface area contributed by atoms with Crippen LogP contribution in [-0.4, -0.2) is 40.3 Å². The number of carbonyl (C=O) groups excluding carboxylic acids is 1. The van der Waals surface area contributed by atoms with Crippen molar-refractivity contribution in [2.75, 3.05) is 13.1 Å².